The Morgan fingerprint density at radius 2 is 2.00 bits per heavy atom. The highest BCUT2D eigenvalue weighted by atomic mass is 35.5. The third kappa shape index (κ3) is 4.59. The van der Waals surface area contributed by atoms with Gasteiger partial charge < -0.3 is 5.32 Å². The summed E-state index contributed by atoms with van der Waals surface area (Å²) in [5.74, 6) is -0.00844. The lowest BCUT2D eigenvalue weighted by Crippen LogP contribution is -2.47. The van der Waals surface area contributed by atoms with Crippen LogP contribution < -0.4 is 5.32 Å². The number of carbonyl (C=O) groups excluding carboxylic acids is 1. The molecule has 8 heteroatoms. The average molecular weight is 410 g/mol. The summed E-state index contributed by atoms with van der Waals surface area (Å²) in [4.78, 5) is 17.2. The number of pyridine rings is 1. The number of nitrogens with zero attached hydrogens (tertiary/aromatic N) is 2. The van der Waals surface area contributed by atoms with Gasteiger partial charge in [0.2, 0.25) is 10.0 Å². The number of carbonyl (C=O) groups is 1. The second-order valence-corrected chi connectivity index (χ2v) is 9.45. The van der Waals surface area contributed by atoms with Crippen molar-refractivity contribution in [3.8, 4) is 0 Å². The van der Waals surface area contributed by atoms with Crippen molar-refractivity contribution >= 4 is 38.4 Å². The molecular formula is C19H24ClN3O3S. The molecule has 1 amide bonds. The smallest absolute Gasteiger partial charge is 0.253 e. The van der Waals surface area contributed by atoms with E-state index in [9.17, 15) is 13.2 Å². The fourth-order valence-corrected chi connectivity index (χ4v) is 5.12. The molecular weight excluding hydrogens is 386 g/mol. The summed E-state index contributed by atoms with van der Waals surface area (Å²) in [7, 11) is -3.17. The van der Waals surface area contributed by atoms with E-state index in [1.165, 1.54) is 4.31 Å². The Morgan fingerprint density at radius 1 is 1.30 bits per heavy atom. The SMILES string of the molecule is CCCS(=O)(=O)N1CCC(NC(=O)c2cc3cc(Cl)ccc3nc2C)CC1. The van der Waals surface area contributed by atoms with Crippen LogP contribution in [-0.4, -0.2) is 48.5 Å². The van der Waals surface area contributed by atoms with Crippen LogP contribution in [0.5, 0.6) is 0 Å². The third-order valence-corrected chi connectivity index (χ3v) is 7.17. The van der Waals surface area contributed by atoms with Crippen LogP contribution in [0.2, 0.25) is 5.02 Å². The van der Waals surface area contributed by atoms with Crippen molar-refractivity contribution in [2.45, 2.75) is 39.2 Å². The Balaban J connectivity index is 1.68. The van der Waals surface area contributed by atoms with Gasteiger partial charge in [-0.1, -0.05) is 18.5 Å². The minimum Gasteiger partial charge on any atom is -0.349 e. The van der Waals surface area contributed by atoms with E-state index < -0.39 is 10.0 Å². The quantitative estimate of drug-likeness (QED) is 0.822. The Hall–Kier alpha value is -1.70. The molecule has 2 aromatic rings. The van der Waals surface area contributed by atoms with Gasteiger partial charge in [0.05, 0.1) is 22.5 Å². The molecule has 0 aliphatic carbocycles. The molecule has 1 aromatic carbocycles. The lowest BCUT2D eigenvalue weighted by atomic mass is 10.0. The number of hydrogen-bond acceptors (Lipinski definition) is 4. The van der Waals surface area contributed by atoms with Crippen molar-refractivity contribution in [1.82, 2.24) is 14.6 Å². The molecule has 146 valence electrons. The zero-order chi connectivity index (χ0) is 19.6. The number of piperidine rings is 1. The molecule has 27 heavy (non-hydrogen) atoms. The molecule has 6 nitrogen and oxygen atoms in total. The maximum Gasteiger partial charge on any atom is 0.253 e. The van der Waals surface area contributed by atoms with E-state index in [0.717, 1.165) is 10.9 Å². The van der Waals surface area contributed by atoms with Crippen LogP contribution in [0, 0.1) is 6.92 Å². The lowest BCUT2D eigenvalue weighted by Gasteiger charge is -2.31. The molecule has 0 spiro atoms. The van der Waals surface area contributed by atoms with Gasteiger partial charge >= 0.3 is 0 Å². The normalized spacial score (nSPS) is 16.6. The Kier molecular flexibility index (Phi) is 6.03. The largest absolute Gasteiger partial charge is 0.349 e. The summed E-state index contributed by atoms with van der Waals surface area (Å²) in [6.45, 7) is 4.55. The second-order valence-electron chi connectivity index (χ2n) is 6.92. The van der Waals surface area contributed by atoms with Crippen molar-refractivity contribution in [3.63, 3.8) is 0 Å². The molecule has 1 N–H and O–H groups in total. The molecule has 1 aliphatic heterocycles. The second kappa shape index (κ2) is 8.12. The predicted molar refractivity (Wildman–Crippen MR) is 108 cm³/mol. The van der Waals surface area contributed by atoms with E-state index in [1.807, 2.05) is 19.9 Å². The molecule has 0 atom stereocenters. The van der Waals surface area contributed by atoms with Crippen LogP contribution in [0.4, 0.5) is 0 Å². The monoisotopic (exact) mass is 409 g/mol. The van der Waals surface area contributed by atoms with Crippen LogP contribution in [-0.2, 0) is 10.0 Å². The van der Waals surface area contributed by atoms with Gasteiger partial charge in [0.15, 0.2) is 0 Å². The summed E-state index contributed by atoms with van der Waals surface area (Å²) < 4.78 is 25.8. The Morgan fingerprint density at radius 3 is 2.67 bits per heavy atom. The van der Waals surface area contributed by atoms with Gasteiger partial charge in [0, 0.05) is 29.5 Å². The van der Waals surface area contributed by atoms with Gasteiger partial charge in [0.25, 0.3) is 5.91 Å². The van der Waals surface area contributed by atoms with Crippen molar-refractivity contribution in [3.05, 3.63) is 40.5 Å². The standard InChI is InChI=1S/C19H24ClN3O3S/c1-3-10-27(25,26)23-8-6-16(7-9-23)22-19(24)17-12-14-11-15(20)4-5-18(14)21-13(17)2/h4-5,11-12,16H,3,6-10H2,1-2H3,(H,22,24). The zero-order valence-corrected chi connectivity index (χ0v) is 17.1. The van der Waals surface area contributed by atoms with Gasteiger partial charge in [0.1, 0.15) is 0 Å². The number of hydrogen-bond donors (Lipinski definition) is 1. The first-order valence-corrected chi connectivity index (χ1v) is 11.1. The number of amides is 1. The van der Waals surface area contributed by atoms with E-state index in [4.69, 9.17) is 11.6 Å². The van der Waals surface area contributed by atoms with E-state index in [1.54, 1.807) is 18.2 Å². The van der Waals surface area contributed by atoms with Crippen LogP contribution in [0.25, 0.3) is 10.9 Å². The first-order chi connectivity index (χ1) is 12.8. The molecule has 0 radical (unpaired) electrons. The van der Waals surface area contributed by atoms with Crippen LogP contribution in [0.1, 0.15) is 42.2 Å². The maximum atomic E-state index is 12.7. The summed E-state index contributed by atoms with van der Waals surface area (Å²) in [6.07, 6.45) is 1.83. The van der Waals surface area contributed by atoms with Gasteiger partial charge in [-0.3, -0.25) is 9.78 Å². The number of nitrogens with one attached hydrogen (secondary N) is 1. The summed E-state index contributed by atoms with van der Waals surface area (Å²) >= 11 is 6.04. The van der Waals surface area contributed by atoms with Gasteiger partial charge in [-0.2, -0.15) is 0 Å². The highest BCUT2D eigenvalue weighted by Crippen LogP contribution is 2.21. The zero-order valence-electron chi connectivity index (χ0n) is 15.5. The number of aryl methyl sites for hydroxylation is 1. The predicted octanol–water partition coefficient (Wildman–Crippen LogP) is 3.13. The molecule has 0 bridgehead atoms. The van der Waals surface area contributed by atoms with Crippen molar-refractivity contribution in [2.75, 3.05) is 18.8 Å². The van der Waals surface area contributed by atoms with Crippen LogP contribution >= 0.6 is 11.6 Å². The van der Waals surface area contributed by atoms with Crippen molar-refractivity contribution in [1.29, 1.82) is 0 Å². The molecule has 1 aliphatic rings. The van der Waals surface area contributed by atoms with E-state index in [-0.39, 0.29) is 17.7 Å². The average Bonchev–Trinajstić information content (AvgIpc) is 2.62. The fraction of sp³-hybridized carbons (Fsp3) is 0.474. The molecule has 3 rings (SSSR count). The Bertz CT molecular complexity index is 954. The number of rotatable bonds is 5. The Labute approximate surface area is 165 Å². The summed E-state index contributed by atoms with van der Waals surface area (Å²) in [6, 6.07) is 7.16. The van der Waals surface area contributed by atoms with Gasteiger partial charge in [-0.05, 0) is 50.5 Å². The van der Waals surface area contributed by atoms with E-state index in [0.29, 0.717) is 48.6 Å². The molecule has 1 fully saturated rings. The number of halogens is 1. The van der Waals surface area contributed by atoms with Gasteiger partial charge in [-0.15, -0.1) is 0 Å². The molecule has 1 saturated heterocycles. The molecule has 0 unspecified atom stereocenters. The maximum absolute atomic E-state index is 12.7. The minimum absolute atomic E-state index is 0.0416. The number of sulfonamides is 1. The van der Waals surface area contributed by atoms with Crippen LogP contribution in [0.15, 0.2) is 24.3 Å². The topological polar surface area (TPSA) is 79.4 Å². The van der Waals surface area contributed by atoms with Crippen molar-refractivity contribution in [2.24, 2.45) is 0 Å². The first-order valence-electron chi connectivity index (χ1n) is 9.16. The summed E-state index contributed by atoms with van der Waals surface area (Å²) in [5.41, 5.74) is 1.97. The first kappa shape index (κ1) is 20.0. The highest BCUT2D eigenvalue weighted by molar-refractivity contribution is 7.89. The number of benzene rings is 1. The molecule has 2 heterocycles. The minimum atomic E-state index is -3.17. The van der Waals surface area contributed by atoms with Crippen LogP contribution in [0.3, 0.4) is 0 Å². The summed E-state index contributed by atoms with van der Waals surface area (Å²) in [5, 5.41) is 4.44. The third-order valence-electron chi connectivity index (χ3n) is 4.86. The molecule has 1 aromatic heterocycles. The number of aromatic nitrogens is 1. The van der Waals surface area contributed by atoms with E-state index in [2.05, 4.69) is 10.3 Å². The van der Waals surface area contributed by atoms with Gasteiger partial charge in [-0.25, -0.2) is 12.7 Å². The van der Waals surface area contributed by atoms with Crippen molar-refractivity contribution < 1.29 is 13.2 Å². The number of fused-ring (bicyclic) bond motifs is 1. The van der Waals surface area contributed by atoms with E-state index >= 15 is 0 Å². The fourth-order valence-electron chi connectivity index (χ4n) is 3.40. The molecule has 0 saturated carbocycles. The lowest BCUT2D eigenvalue weighted by molar-refractivity contribution is 0.0923. The highest BCUT2D eigenvalue weighted by Gasteiger charge is 2.28.